The quantitative estimate of drug-likeness (QED) is 0.749. The summed E-state index contributed by atoms with van der Waals surface area (Å²) in [4.78, 5) is 8.22. The third-order valence-electron chi connectivity index (χ3n) is 2.23. The Labute approximate surface area is 75.6 Å². The first-order chi connectivity index (χ1) is 6.33. The average molecular weight is 177 g/mol. The van der Waals surface area contributed by atoms with Crippen molar-refractivity contribution in [2.75, 3.05) is 0 Å². The lowest BCUT2D eigenvalue weighted by molar-refractivity contribution is 0.710. The van der Waals surface area contributed by atoms with E-state index >= 15 is 0 Å². The van der Waals surface area contributed by atoms with Crippen LogP contribution in [-0.4, -0.2) is 25.4 Å². The summed E-state index contributed by atoms with van der Waals surface area (Å²) in [6, 6.07) is 0. The molecule has 0 radical (unpaired) electrons. The first-order valence-electron chi connectivity index (χ1n) is 4.34. The molecule has 0 aromatic carbocycles. The van der Waals surface area contributed by atoms with Crippen LogP contribution in [0.1, 0.15) is 31.9 Å². The molecule has 5 nitrogen and oxygen atoms in total. The number of rotatable bonds is 2. The number of fused-ring (bicyclic) bond motifs is 1. The summed E-state index contributed by atoms with van der Waals surface area (Å²) in [6.45, 7) is 4.25. The van der Waals surface area contributed by atoms with E-state index in [4.69, 9.17) is 0 Å². The van der Waals surface area contributed by atoms with E-state index in [1.54, 1.807) is 0 Å². The van der Waals surface area contributed by atoms with Gasteiger partial charge in [-0.05, 0) is 6.42 Å². The summed E-state index contributed by atoms with van der Waals surface area (Å²) in [7, 11) is 0. The lowest BCUT2D eigenvalue weighted by Crippen LogP contribution is -1.97. The molecule has 2 aromatic rings. The van der Waals surface area contributed by atoms with Gasteiger partial charge < -0.3 is 0 Å². The first-order valence-corrected chi connectivity index (χ1v) is 4.34. The largest absolute Gasteiger partial charge is 0.239 e. The van der Waals surface area contributed by atoms with Crippen molar-refractivity contribution < 1.29 is 0 Å². The van der Waals surface area contributed by atoms with E-state index in [0.717, 1.165) is 17.6 Å². The van der Waals surface area contributed by atoms with Crippen LogP contribution < -0.4 is 0 Å². The maximum absolute atomic E-state index is 4.22. The lowest BCUT2D eigenvalue weighted by atomic mass is 10.0. The molecule has 0 spiro atoms. The predicted octanol–water partition coefficient (Wildman–Crippen LogP) is 1.26. The molecule has 1 unspecified atom stereocenters. The van der Waals surface area contributed by atoms with Crippen LogP contribution in [0.2, 0.25) is 0 Å². The standard InChI is InChI=1S/C8H11N5/c1-3-5(2)6-7-8(10-4-9-6)12-13-11-7/h4-5H,3H2,1-2H3,(H,9,10,11,12,13). The third kappa shape index (κ3) is 1.26. The molecule has 0 fully saturated rings. The highest BCUT2D eigenvalue weighted by atomic mass is 15.3. The Morgan fingerprint density at radius 2 is 2.23 bits per heavy atom. The highest BCUT2D eigenvalue weighted by molar-refractivity contribution is 5.71. The Morgan fingerprint density at radius 3 is 3.00 bits per heavy atom. The summed E-state index contributed by atoms with van der Waals surface area (Å²) in [5, 5.41) is 10.5. The Morgan fingerprint density at radius 1 is 1.38 bits per heavy atom. The smallest absolute Gasteiger partial charge is 0.204 e. The van der Waals surface area contributed by atoms with E-state index in [1.807, 2.05) is 0 Å². The average Bonchev–Trinajstić information content (AvgIpc) is 2.63. The molecule has 2 heterocycles. The highest BCUT2D eigenvalue weighted by Gasteiger charge is 2.12. The van der Waals surface area contributed by atoms with Crippen molar-refractivity contribution in [1.82, 2.24) is 25.4 Å². The van der Waals surface area contributed by atoms with Crippen LogP contribution in [0.5, 0.6) is 0 Å². The van der Waals surface area contributed by atoms with E-state index in [9.17, 15) is 0 Å². The van der Waals surface area contributed by atoms with Crippen molar-refractivity contribution in [1.29, 1.82) is 0 Å². The van der Waals surface area contributed by atoms with E-state index in [-0.39, 0.29) is 0 Å². The van der Waals surface area contributed by atoms with Gasteiger partial charge in [0.2, 0.25) is 5.65 Å². The van der Waals surface area contributed by atoms with Gasteiger partial charge in [-0.2, -0.15) is 10.3 Å². The van der Waals surface area contributed by atoms with E-state index in [0.29, 0.717) is 11.6 Å². The number of H-pyrrole nitrogens is 1. The van der Waals surface area contributed by atoms with Gasteiger partial charge in [-0.15, -0.1) is 5.10 Å². The molecule has 0 amide bonds. The zero-order chi connectivity index (χ0) is 9.26. The highest BCUT2D eigenvalue weighted by Crippen LogP contribution is 2.20. The molecular weight excluding hydrogens is 166 g/mol. The second kappa shape index (κ2) is 3.08. The minimum absolute atomic E-state index is 0.399. The number of nitrogens with one attached hydrogen (secondary N) is 1. The van der Waals surface area contributed by atoms with Gasteiger partial charge in [-0.25, -0.2) is 9.97 Å². The maximum atomic E-state index is 4.22. The number of aromatic amines is 1. The van der Waals surface area contributed by atoms with Crippen molar-refractivity contribution in [2.45, 2.75) is 26.2 Å². The Hall–Kier alpha value is -1.52. The van der Waals surface area contributed by atoms with Crippen molar-refractivity contribution >= 4 is 11.2 Å². The summed E-state index contributed by atoms with van der Waals surface area (Å²) < 4.78 is 0. The van der Waals surface area contributed by atoms with Crippen LogP contribution in [0, 0.1) is 0 Å². The van der Waals surface area contributed by atoms with Crippen molar-refractivity contribution in [2.24, 2.45) is 0 Å². The second-order valence-electron chi connectivity index (χ2n) is 3.06. The van der Waals surface area contributed by atoms with Crippen LogP contribution in [0.3, 0.4) is 0 Å². The lowest BCUT2D eigenvalue weighted by Gasteiger charge is -2.05. The number of aromatic nitrogens is 5. The molecule has 0 bridgehead atoms. The number of nitrogens with zero attached hydrogens (tertiary/aromatic N) is 4. The zero-order valence-electron chi connectivity index (χ0n) is 7.65. The van der Waals surface area contributed by atoms with Gasteiger partial charge in [0.1, 0.15) is 6.33 Å². The molecule has 0 aliphatic heterocycles. The van der Waals surface area contributed by atoms with Crippen LogP contribution >= 0.6 is 0 Å². The molecule has 1 atom stereocenters. The molecule has 1 N–H and O–H groups in total. The SMILES string of the molecule is CCC(C)c1ncnc2n[nH]nc12. The van der Waals surface area contributed by atoms with E-state index < -0.39 is 0 Å². The fraction of sp³-hybridized carbons (Fsp3) is 0.500. The van der Waals surface area contributed by atoms with Gasteiger partial charge in [-0.1, -0.05) is 13.8 Å². The molecule has 0 saturated carbocycles. The molecule has 5 heteroatoms. The van der Waals surface area contributed by atoms with Gasteiger partial charge in [0.15, 0.2) is 5.52 Å². The molecule has 0 aliphatic carbocycles. The van der Waals surface area contributed by atoms with Gasteiger partial charge in [0.05, 0.1) is 5.69 Å². The fourth-order valence-electron chi connectivity index (χ4n) is 1.25. The second-order valence-corrected chi connectivity index (χ2v) is 3.06. The Kier molecular flexibility index (Phi) is 1.92. The summed E-state index contributed by atoms with van der Waals surface area (Å²) >= 11 is 0. The van der Waals surface area contributed by atoms with Gasteiger partial charge in [-0.3, -0.25) is 0 Å². The first kappa shape index (κ1) is 8.10. The van der Waals surface area contributed by atoms with E-state index in [2.05, 4.69) is 39.2 Å². The van der Waals surface area contributed by atoms with E-state index in [1.165, 1.54) is 6.33 Å². The van der Waals surface area contributed by atoms with Gasteiger partial charge >= 0.3 is 0 Å². The Balaban J connectivity index is 2.60. The molecule has 0 saturated heterocycles. The fourth-order valence-corrected chi connectivity index (χ4v) is 1.25. The van der Waals surface area contributed by atoms with Crippen molar-refractivity contribution in [3.8, 4) is 0 Å². The molecule has 2 rings (SSSR count). The number of hydrogen-bond donors (Lipinski definition) is 1. The summed E-state index contributed by atoms with van der Waals surface area (Å²) in [5.41, 5.74) is 2.41. The summed E-state index contributed by atoms with van der Waals surface area (Å²) in [5.74, 6) is 0.399. The molecule has 68 valence electrons. The van der Waals surface area contributed by atoms with Gasteiger partial charge in [0, 0.05) is 5.92 Å². The summed E-state index contributed by atoms with van der Waals surface area (Å²) in [6.07, 6.45) is 2.57. The molecule has 2 aromatic heterocycles. The molecular formula is C8H11N5. The van der Waals surface area contributed by atoms with Gasteiger partial charge in [0.25, 0.3) is 0 Å². The van der Waals surface area contributed by atoms with Crippen LogP contribution in [-0.2, 0) is 0 Å². The predicted molar refractivity (Wildman–Crippen MR) is 48.2 cm³/mol. The van der Waals surface area contributed by atoms with Crippen molar-refractivity contribution in [3.63, 3.8) is 0 Å². The third-order valence-corrected chi connectivity index (χ3v) is 2.23. The molecule has 13 heavy (non-hydrogen) atoms. The van der Waals surface area contributed by atoms with Crippen LogP contribution in [0.15, 0.2) is 6.33 Å². The monoisotopic (exact) mass is 177 g/mol. The Bertz CT molecular complexity index is 408. The maximum Gasteiger partial charge on any atom is 0.204 e. The van der Waals surface area contributed by atoms with Crippen LogP contribution in [0.4, 0.5) is 0 Å². The zero-order valence-corrected chi connectivity index (χ0v) is 7.65. The normalized spacial score (nSPS) is 13.4. The minimum Gasteiger partial charge on any atom is -0.239 e. The van der Waals surface area contributed by atoms with Crippen LogP contribution in [0.25, 0.3) is 11.2 Å². The topological polar surface area (TPSA) is 67.3 Å². The minimum atomic E-state index is 0.399. The number of hydrogen-bond acceptors (Lipinski definition) is 4. The van der Waals surface area contributed by atoms with Crippen molar-refractivity contribution in [3.05, 3.63) is 12.0 Å². The molecule has 0 aliphatic rings.